The smallest absolute Gasteiger partial charge is 0.227 e. The Balaban J connectivity index is 1.94. The molecule has 1 atom stereocenters. The lowest BCUT2D eigenvalue weighted by atomic mass is 10.1. The van der Waals surface area contributed by atoms with Gasteiger partial charge in [0.1, 0.15) is 0 Å². The molecule has 0 saturated carbocycles. The van der Waals surface area contributed by atoms with E-state index in [1.165, 1.54) is 6.07 Å². The summed E-state index contributed by atoms with van der Waals surface area (Å²) in [5, 5.41) is 15.1. The summed E-state index contributed by atoms with van der Waals surface area (Å²) in [5.41, 5.74) is 0.709. The van der Waals surface area contributed by atoms with Crippen LogP contribution in [0.1, 0.15) is 37.8 Å². The zero-order valence-electron chi connectivity index (χ0n) is 11.5. The van der Waals surface area contributed by atoms with E-state index in [1.54, 1.807) is 13.0 Å². The van der Waals surface area contributed by atoms with E-state index in [-0.39, 0.29) is 35.8 Å². The number of nitrogens with zero attached hydrogens (tertiary/aromatic N) is 1. The second kappa shape index (κ2) is 6.36. The molecule has 20 heavy (non-hydrogen) atoms. The third-order valence-electron chi connectivity index (χ3n) is 3.27. The Kier molecular flexibility index (Phi) is 4.55. The number of hydrogen-bond acceptors (Lipinski definition) is 4. The van der Waals surface area contributed by atoms with Gasteiger partial charge < -0.3 is 15.7 Å². The maximum Gasteiger partial charge on any atom is 0.227 e. The molecule has 6 nitrogen and oxygen atoms in total. The fourth-order valence-electron chi connectivity index (χ4n) is 2.25. The van der Waals surface area contributed by atoms with Crippen molar-refractivity contribution in [3.8, 4) is 5.75 Å². The van der Waals surface area contributed by atoms with E-state index in [1.807, 2.05) is 0 Å². The van der Waals surface area contributed by atoms with Gasteiger partial charge in [-0.3, -0.25) is 9.59 Å². The van der Waals surface area contributed by atoms with Crippen molar-refractivity contribution in [1.29, 1.82) is 0 Å². The summed E-state index contributed by atoms with van der Waals surface area (Å²) in [5.74, 6) is -0.161. The molecule has 0 radical (unpaired) electrons. The number of aromatic hydroxyl groups is 1. The minimum atomic E-state index is -0.259. The molecule has 1 aliphatic rings. The maximum atomic E-state index is 11.9. The summed E-state index contributed by atoms with van der Waals surface area (Å²) < 4.78 is 0. The van der Waals surface area contributed by atoms with Gasteiger partial charge in [-0.1, -0.05) is 6.42 Å². The quantitative estimate of drug-likeness (QED) is 0.780. The zero-order valence-corrected chi connectivity index (χ0v) is 11.5. The molecule has 108 valence electrons. The van der Waals surface area contributed by atoms with Crippen molar-refractivity contribution in [2.75, 3.05) is 5.32 Å². The van der Waals surface area contributed by atoms with Gasteiger partial charge in [0.05, 0.1) is 0 Å². The summed E-state index contributed by atoms with van der Waals surface area (Å²) in [4.78, 5) is 27.5. The van der Waals surface area contributed by atoms with Crippen LogP contribution < -0.4 is 10.6 Å². The average molecular weight is 277 g/mol. The molecule has 1 aromatic rings. The lowest BCUT2D eigenvalue weighted by molar-refractivity contribution is -0.121. The van der Waals surface area contributed by atoms with Gasteiger partial charge >= 0.3 is 0 Å². The van der Waals surface area contributed by atoms with Crippen LogP contribution in [0.25, 0.3) is 0 Å². The number of rotatable bonds is 3. The topological polar surface area (TPSA) is 91.3 Å². The van der Waals surface area contributed by atoms with E-state index < -0.39 is 0 Å². The molecule has 2 heterocycles. The molecule has 1 saturated heterocycles. The number of aromatic nitrogens is 1. The Hall–Kier alpha value is -2.11. The molecule has 2 rings (SSSR count). The van der Waals surface area contributed by atoms with Gasteiger partial charge in [0.25, 0.3) is 0 Å². The third kappa shape index (κ3) is 3.94. The summed E-state index contributed by atoms with van der Waals surface area (Å²) in [6.07, 6.45) is 3.32. The van der Waals surface area contributed by atoms with Crippen molar-refractivity contribution in [2.45, 2.75) is 45.1 Å². The lowest BCUT2D eigenvalue weighted by Gasteiger charge is -2.15. The first kappa shape index (κ1) is 14.3. The first-order chi connectivity index (χ1) is 9.54. The molecule has 0 spiro atoms. The van der Waals surface area contributed by atoms with Crippen molar-refractivity contribution >= 4 is 17.6 Å². The van der Waals surface area contributed by atoms with E-state index in [0.717, 1.165) is 19.3 Å². The Morgan fingerprint density at radius 1 is 1.50 bits per heavy atom. The second-order valence-corrected chi connectivity index (χ2v) is 5.08. The zero-order chi connectivity index (χ0) is 14.5. The molecule has 1 fully saturated rings. The van der Waals surface area contributed by atoms with Crippen LogP contribution in [0.15, 0.2) is 12.1 Å². The van der Waals surface area contributed by atoms with Gasteiger partial charge in [-0.25, -0.2) is 4.98 Å². The lowest BCUT2D eigenvalue weighted by Crippen LogP contribution is -2.35. The number of carbonyl (C=O) groups is 2. The van der Waals surface area contributed by atoms with E-state index >= 15 is 0 Å². The molecule has 6 heteroatoms. The fraction of sp³-hybridized carbons (Fsp3) is 0.500. The number of aryl methyl sites for hydroxylation is 1. The summed E-state index contributed by atoms with van der Waals surface area (Å²) in [7, 11) is 0. The Labute approximate surface area is 117 Å². The summed E-state index contributed by atoms with van der Waals surface area (Å²) >= 11 is 0. The monoisotopic (exact) mass is 277 g/mol. The SMILES string of the molecule is Cc1ccc(O)c(NC(=O)CC2CCCCC(=O)N2)n1. The van der Waals surface area contributed by atoms with Crippen LogP contribution in [0.4, 0.5) is 5.82 Å². The van der Waals surface area contributed by atoms with E-state index in [0.29, 0.717) is 12.1 Å². The largest absolute Gasteiger partial charge is 0.504 e. The first-order valence-electron chi connectivity index (χ1n) is 6.80. The van der Waals surface area contributed by atoms with Gasteiger partial charge in [-0.2, -0.15) is 0 Å². The van der Waals surface area contributed by atoms with Gasteiger partial charge in [0.15, 0.2) is 11.6 Å². The second-order valence-electron chi connectivity index (χ2n) is 5.08. The predicted octanol–water partition coefficient (Wildman–Crippen LogP) is 1.48. The molecular formula is C14H19N3O3. The Morgan fingerprint density at radius 2 is 2.30 bits per heavy atom. The number of carbonyl (C=O) groups excluding carboxylic acids is 2. The maximum absolute atomic E-state index is 11.9. The molecule has 0 aliphatic carbocycles. The molecule has 1 unspecified atom stereocenters. The number of anilines is 1. The summed E-state index contributed by atoms with van der Waals surface area (Å²) in [6.45, 7) is 1.78. The minimum absolute atomic E-state index is 0.00294. The minimum Gasteiger partial charge on any atom is -0.504 e. The van der Waals surface area contributed by atoms with Gasteiger partial charge in [-0.05, 0) is 31.9 Å². The Bertz CT molecular complexity index is 516. The number of pyridine rings is 1. The molecule has 1 aliphatic heterocycles. The number of nitrogens with one attached hydrogen (secondary N) is 2. The van der Waals surface area contributed by atoms with Crippen LogP contribution in [-0.4, -0.2) is 27.9 Å². The van der Waals surface area contributed by atoms with Crippen LogP contribution in [0, 0.1) is 6.92 Å². The van der Waals surface area contributed by atoms with E-state index in [2.05, 4.69) is 15.6 Å². The third-order valence-corrected chi connectivity index (χ3v) is 3.27. The molecule has 3 N–H and O–H groups in total. The van der Waals surface area contributed by atoms with E-state index in [9.17, 15) is 14.7 Å². The van der Waals surface area contributed by atoms with E-state index in [4.69, 9.17) is 0 Å². The van der Waals surface area contributed by atoms with Crippen LogP contribution in [0.5, 0.6) is 5.75 Å². The van der Waals surface area contributed by atoms with Crippen LogP contribution in [0.2, 0.25) is 0 Å². The summed E-state index contributed by atoms with van der Waals surface area (Å²) in [6, 6.07) is 3.01. The highest BCUT2D eigenvalue weighted by atomic mass is 16.3. The standard InChI is InChI=1S/C14H19N3O3/c1-9-6-7-11(18)14(15-9)17-13(20)8-10-4-2-3-5-12(19)16-10/h6-7,10,18H,2-5,8H2,1H3,(H,16,19)(H,15,17,20). The normalized spacial score (nSPS) is 19.1. The van der Waals surface area contributed by atoms with Crippen LogP contribution in [0.3, 0.4) is 0 Å². The molecular weight excluding hydrogens is 258 g/mol. The fourth-order valence-corrected chi connectivity index (χ4v) is 2.25. The molecule has 0 aromatic carbocycles. The number of hydrogen-bond donors (Lipinski definition) is 3. The first-order valence-corrected chi connectivity index (χ1v) is 6.80. The van der Waals surface area contributed by atoms with Crippen molar-refractivity contribution in [3.05, 3.63) is 17.8 Å². The molecule has 2 amide bonds. The van der Waals surface area contributed by atoms with Crippen molar-refractivity contribution in [1.82, 2.24) is 10.3 Å². The predicted molar refractivity (Wildman–Crippen MR) is 74.3 cm³/mol. The molecule has 0 bridgehead atoms. The molecule has 1 aromatic heterocycles. The highest BCUT2D eigenvalue weighted by Crippen LogP contribution is 2.21. The van der Waals surface area contributed by atoms with Gasteiger partial charge in [0, 0.05) is 24.6 Å². The van der Waals surface area contributed by atoms with Crippen molar-refractivity contribution in [2.24, 2.45) is 0 Å². The number of amides is 2. The van der Waals surface area contributed by atoms with Crippen LogP contribution >= 0.6 is 0 Å². The van der Waals surface area contributed by atoms with Gasteiger partial charge in [0.2, 0.25) is 11.8 Å². The highest BCUT2D eigenvalue weighted by Gasteiger charge is 2.20. The van der Waals surface area contributed by atoms with Gasteiger partial charge in [-0.15, -0.1) is 0 Å². The van der Waals surface area contributed by atoms with Crippen LogP contribution in [-0.2, 0) is 9.59 Å². The van der Waals surface area contributed by atoms with Crippen molar-refractivity contribution < 1.29 is 14.7 Å². The Morgan fingerprint density at radius 3 is 3.10 bits per heavy atom. The average Bonchev–Trinajstić information content (AvgIpc) is 2.58. The van der Waals surface area contributed by atoms with Crippen molar-refractivity contribution in [3.63, 3.8) is 0 Å². The highest BCUT2D eigenvalue weighted by molar-refractivity contribution is 5.91.